The van der Waals surface area contributed by atoms with Crippen molar-refractivity contribution < 1.29 is 29.0 Å². The number of hydrogen-bond donors (Lipinski definition) is 0. The number of carbonyl (C=O) groups is 3. The van der Waals surface area contributed by atoms with E-state index in [2.05, 4.69) is 0 Å². The van der Waals surface area contributed by atoms with Crippen LogP contribution < -0.4 is 5.11 Å². The predicted molar refractivity (Wildman–Crippen MR) is 89.3 cm³/mol. The Balaban J connectivity index is 3.57. The second-order valence-corrected chi connectivity index (χ2v) is 5.42. The number of hydrogen-bond acceptors (Lipinski definition) is 6. The maximum atomic E-state index is 12.4. The molecule has 1 aromatic carbocycles. The third-order valence-corrected chi connectivity index (χ3v) is 3.66. The smallest absolute Gasteiger partial charge is 0.333 e. The van der Waals surface area contributed by atoms with Gasteiger partial charge in [0.15, 0.2) is 0 Å². The molecule has 1 rings (SSSR count). The standard InChI is InChI=1S/C19H24O6/c1-5-24-18(22)15(12(3)20)17(14-10-8-7-9-11-14)16(13(4)21)19(23)25-6-2/h7-11,15,17,21H,5-6H2,1-4H3/p-1/b16-13+. The molecule has 0 radical (unpaired) electrons. The normalized spacial score (nSPS) is 14.1. The van der Waals surface area contributed by atoms with Gasteiger partial charge in [0.2, 0.25) is 0 Å². The highest BCUT2D eigenvalue weighted by Crippen LogP contribution is 2.35. The Morgan fingerprint density at radius 2 is 1.56 bits per heavy atom. The van der Waals surface area contributed by atoms with Crippen LogP contribution in [0.4, 0.5) is 0 Å². The SMILES string of the molecule is CCOC(=O)/C(=C(\C)[O-])C(c1ccccc1)C(C(C)=O)C(=O)OCC. The van der Waals surface area contributed by atoms with Crippen LogP contribution in [0.25, 0.3) is 0 Å². The Bertz CT molecular complexity index is 643. The van der Waals surface area contributed by atoms with Crippen LogP contribution in [0.5, 0.6) is 0 Å². The zero-order chi connectivity index (χ0) is 19.0. The monoisotopic (exact) mass is 347 g/mol. The summed E-state index contributed by atoms with van der Waals surface area (Å²) in [5, 5.41) is 12.2. The molecule has 25 heavy (non-hydrogen) atoms. The molecule has 0 aromatic heterocycles. The molecule has 0 saturated carbocycles. The fraction of sp³-hybridized carbons (Fsp3) is 0.421. The highest BCUT2D eigenvalue weighted by Gasteiger charge is 2.39. The molecule has 0 amide bonds. The van der Waals surface area contributed by atoms with Crippen LogP contribution >= 0.6 is 0 Å². The van der Waals surface area contributed by atoms with E-state index >= 15 is 0 Å². The van der Waals surface area contributed by atoms with E-state index < -0.39 is 35.3 Å². The summed E-state index contributed by atoms with van der Waals surface area (Å²) in [6.07, 6.45) is 0. The van der Waals surface area contributed by atoms with Gasteiger partial charge in [0, 0.05) is 11.5 Å². The van der Waals surface area contributed by atoms with Crippen LogP contribution in [-0.4, -0.2) is 30.9 Å². The minimum atomic E-state index is -1.30. The van der Waals surface area contributed by atoms with Gasteiger partial charge in [-0.25, -0.2) is 4.79 Å². The molecule has 2 unspecified atom stereocenters. The number of esters is 2. The number of carbonyl (C=O) groups excluding carboxylic acids is 3. The largest absolute Gasteiger partial charge is 0.875 e. The van der Waals surface area contributed by atoms with E-state index in [-0.39, 0.29) is 18.8 Å². The number of ketones is 1. The average Bonchev–Trinajstić information content (AvgIpc) is 2.54. The zero-order valence-electron chi connectivity index (χ0n) is 14.9. The Kier molecular flexibility index (Phi) is 7.85. The molecule has 0 heterocycles. The van der Waals surface area contributed by atoms with Crippen molar-refractivity contribution in [1.82, 2.24) is 0 Å². The second-order valence-electron chi connectivity index (χ2n) is 5.42. The average molecular weight is 347 g/mol. The van der Waals surface area contributed by atoms with Crippen LogP contribution in [0, 0.1) is 5.92 Å². The van der Waals surface area contributed by atoms with Crippen LogP contribution in [0.15, 0.2) is 41.7 Å². The summed E-state index contributed by atoms with van der Waals surface area (Å²) in [5.41, 5.74) is 0.260. The molecule has 0 spiro atoms. The van der Waals surface area contributed by atoms with Crippen molar-refractivity contribution >= 4 is 17.7 Å². The van der Waals surface area contributed by atoms with Crippen molar-refractivity contribution in [3.63, 3.8) is 0 Å². The molecule has 0 aliphatic carbocycles. The number of rotatable bonds is 8. The molecule has 6 heteroatoms. The van der Waals surface area contributed by atoms with E-state index in [0.717, 1.165) is 0 Å². The van der Waals surface area contributed by atoms with Gasteiger partial charge in [0.1, 0.15) is 11.7 Å². The molecule has 2 atom stereocenters. The summed E-state index contributed by atoms with van der Waals surface area (Å²) >= 11 is 0. The highest BCUT2D eigenvalue weighted by atomic mass is 16.5. The summed E-state index contributed by atoms with van der Waals surface area (Å²) in [6, 6.07) is 8.47. The van der Waals surface area contributed by atoms with Gasteiger partial charge in [-0.2, -0.15) is 0 Å². The van der Waals surface area contributed by atoms with Crippen molar-refractivity contribution in [2.75, 3.05) is 13.2 Å². The Morgan fingerprint density at radius 3 is 2.00 bits per heavy atom. The minimum Gasteiger partial charge on any atom is -0.875 e. The first-order valence-electron chi connectivity index (χ1n) is 8.12. The highest BCUT2D eigenvalue weighted by molar-refractivity contribution is 6.02. The van der Waals surface area contributed by atoms with Crippen molar-refractivity contribution in [3.05, 3.63) is 47.2 Å². The van der Waals surface area contributed by atoms with Crippen molar-refractivity contribution in [2.24, 2.45) is 5.92 Å². The molecule has 0 saturated heterocycles. The van der Waals surface area contributed by atoms with E-state index in [9.17, 15) is 19.5 Å². The van der Waals surface area contributed by atoms with Crippen LogP contribution in [0.1, 0.15) is 39.2 Å². The van der Waals surface area contributed by atoms with Gasteiger partial charge < -0.3 is 14.6 Å². The van der Waals surface area contributed by atoms with Gasteiger partial charge in [0.25, 0.3) is 0 Å². The van der Waals surface area contributed by atoms with Crippen molar-refractivity contribution in [3.8, 4) is 0 Å². The lowest BCUT2D eigenvalue weighted by atomic mass is 9.78. The molecule has 0 bridgehead atoms. The Labute approximate surface area is 147 Å². The second kappa shape index (κ2) is 9.61. The molecule has 0 N–H and O–H groups in total. The fourth-order valence-electron chi connectivity index (χ4n) is 2.65. The van der Waals surface area contributed by atoms with E-state index in [0.29, 0.717) is 5.56 Å². The number of ether oxygens (including phenoxy) is 2. The molecule has 0 aliphatic heterocycles. The van der Waals surface area contributed by atoms with E-state index in [1.165, 1.54) is 13.8 Å². The lowest BCUT2D eigenvalue weighted by molar-refractivity contribution is -0.303. The Morgan fingerprint density at radius 1 is 1.00 bits per heavy atom. The number of benzene rings is 1. The maximum Gasteiger partial charge on any atom is 0.333 e. The number of Topliss-reactive ketones (excluding diaryl/α,β-unsaturated/α-hetero) is 1. The van der Waals surface area contributed by atoms with Gasteiger partial charge in [-0.1, -0.05) is 37.3 Å². The lowest BCUT2D eigenvalue weighted by Crippen LogP contribution is -2.35. The van der Waals surface area contributed by atoms with Crippen LogP contribution in [0.3, 0.4) is 0 Å². The first kappa shape index (κ1) is 20.4. The molecular formula is C19H23O6-. The quantitative estimate of drug-likeness (QED) is 0.308. The predicted octanol–water partition coefficient (Wildman–Crippen LogP) is 1.74. The molecule has 0 fully saturated rings. The molecule has 136 valence electrons. The number of allylic oxidation sites excluding steroid dienone is 1. The molecule has 0 aliphatic rings. The first-order valence-corrected chi connectivity index (χ1v) is 8.12. The van der Waals surface area contributed by atoms with Gasteiger partial charge in [0.05, 0.1) is 13.2 Å². The third kappa shape index (κ3) is 5.17. The summed E-state index contributed by atoms with van der Waals surface area (Å²) in [5.74, 6) is -5.01. The third-order valence-electron chi connectivity index (χ3n) is 3.66. The summed E-state index contributed by atoms with van der Waals surface area (Å²) in [7, 11) is 0. The summed E-state index contributed by atoms with van der Waals surface area (Å²) < 4.78 is 9.98. The fourth-order valence-corrected chi connectivity index (χ4v) is 2.65. The van der Waals surface area contributed by atoms with E-state index in [1.54, 1.807) is 44.2 Å². The maximum absolute atomic E-state index is 12.4. The molecule has 6 nitrogen and oxygen atoms in total. The van der Waals surface area contributed by atoms with Gasteiger partial charge >= 0.3 is 11.9 Å². The van der Waals surface area contributed by atoms with Gasteiger partial charge in [-0.05, 0) is 26.3 Å². The van der Waals surface area contributed by atoms with E-state index in [1.807, 2.05) is 0 Å². The van der Waals surface area contributed by atoms with Crippen LogP contribution in [-0.2, 0) is 23.9 Å². The summed E-state index contributed by atoms with van der Waals surface area (Å²) in [4.78, 5) is 37.0. The zero-order valence-corrected chi connectivity index (χ0v) is 14.9. The van der Waals surface area contributed by atoms with Gasteiger partial charge in [-0.15, -0.1) is 5.76 Å². The minimum absolute atomic E-state index is 0.0707. The van der Waals surface area contributed by atoms with Gasteiger partial charge in [-0.3, -0.25) is 9.59 Å². The topological polar surface area (TPSA) is 92.7 Å². The van der Waals surface area contributed by atoms with Crippen molar-refractivity contribution in [2.45, 2.75) is 33.6 Å². The molecular weight excluding hydrogens is 324 g/mol. The van der Waals surface area contributed by atoms with Crippen LogP contribution in [0.2, 0.25) is 0 Å². The Hall–Kier alpha value is -2.63. The van der Waals surface area contributed by atoms with Crippen molar-refractivity contribution in [1.29, 1.82) is 0 Å². The lowest BCUT2D eigenvalue weighted by Gasteiger charge is -2.28. The summed E-state index contributed by atoms with van der Waals surface area (Å²) in [6.45, 7) is 5.83. The first-order chi connectivity index (χ1) is 11.8. The molecule has 1 aromatic rings. The van der Waals surface area contributed by atoms with E-state index in [4.69, 9.17) is 9.47 Å².